The van der Waals surface area contributed by atoms with Crippen LogP contribution < -0.4 is 5.32 Å². The maximum atomic E-state index is 13.3. The van der Waals surface area contributed by atoms with Crippen LogP contribution in [0, 0.1) is 6.92 Å². The third kappa shape index (κ3) is 5.54. The zero-order chi connectivity index (χ0) is 21.7. The van der Waals surface area contributed by atoms with Crippen molar-refractivity contribution in [3.8, 4) is 0 Å². The quantitative estimate of drug-likeness (QED) is 0.621. The van der Waals surface area contributed by atoms with Crippen LogP contribution >= 0.6 is 11.5 Å². The summed E-state index contributed by atoms with van der Waals surface area (Å²) in [7, 11) is 0. The normalized spacial score (nSPS) is 12.4. The van der Waals surface area contributed by atoms with Crippen molar-refractivity contribution >= 4 is 23.3 Å². The molecule has 0 saturated carbocycles. The van der Waals surface area contributed by atoms with Gasteiger partial charge < -0.3 is 14.6 Å². The molecule has 2 aromatic heterocycles. The van der Waals surface area contributed by atoms with E-state index in [1.165, 1.54) is 4.90 Å². The Kier molecular flexibility index (Phi) is 6.66. The second-order valence-corrected chi connectivity index (χ2v) is 8.72. The molecular formula is C22H26N4O3S. The number of hydrogen-bond acceptors (Lipinski definition) is 6. The third-order valence-electron chi connectivity index (χ3n) is 4.41. The van der Waals surface area contributed by atoms with Crippen LogP contribution in [0.5, 0.6) is 0 Å². The van der Waals surface area contributed by atoms with Crippen LogP contribution in [0.25, 0.3) is 0 Å². The summed E-state index contributed by atoms with van der Waals surface area (Å²) in [5, 5.41) is 8.49. The van der Waals surface area contributed by atoms with Gasteiger partial charge in [-0.05, 0) is 63.3 Å². The smallest absolute Gasteiger partial charge is 0.276 e. The van der Waals surface area contributed by atoms with E-state index in [4.69, 9.17) is 4.42 Å². The number of nitrogens with one attached hydrogen (secondary N) is 1. The van der Waals surface area contributed by atoms with Crippen molar-refractivity contribution in [2.75, 3.05) is 6.54 Å². The summed E-state index contributed by atoms with van der Waals surface area (Å²) in [5.74, 6) is 0.424. The van der Waals surface area contributed by atoms with E-state index in [1.807, 2.05) is 58.0 Å². The number of carbonyl (C=O) groups excluding carboxylic acids is 2. The fraction of sp³-hybridized carbons (Fsp3) is 0.364. The molecule has 1 N–H and O–H groups in total. The lowest BCUT2D eigenvalue weighted by Gasteiger charge is -2.32. The van der Waals surface area contributed by atoms with Gasteiger partial charge in [0, 0.05) is 17.5 Å². The van der Waals surface area contributed by atoms with Gasteiger partial charge in [-0.1, -0.05) is 34.8 Å². The number of nitrogens with zero attached hydrogens (tertiary/aromatic N) is 3. The number of benzene rings is 1. The van der Waals surface area contributed by atoms with Crippen LogP contribution in [0.3, 0.4) is 0 Å². The molecule has 1 atom stereocenters. The number of carbonyl (C=O) groups is 2. The highest BCUT2D eigenvalue weighted by molar-refractivity contribution is 7.03. The lowest BCUT2D eigenvalue weighted by Crippen LogP contribution is -2.49. The molecule has 0 saturated heterocycles. The van der Waals surface area contributed by atoms with E-state index in [0.717, 1.165) is 17.1 Å². The highest BCUT2D eigenvalue weighted by Gasteiger charge is 2.36. The number of aromatic nitrogens is 2. The minimum absolute atomic E-state index is 0.213. The van der Waals surface area contributed by atoms with Crippen molar-refractivity contribution in [3.05, 3.63) is 70.6 Å². The maximum Gasteiger partial charge on any atom is 0.276 e. The molecule has 0 fully saturated rings. The average Bonchev–Trinajstić information content (AvgIpc) is 3.36. The third-order valence-corrected chi connectivity index (χ3v) is 4.92. The fourth-order valence-corrected chi connectivity index (χ4v) is 3.54. The van der Waals surface area contributed by atoms with Crippen LogP contribution in [0.4, 0.5) is 0 Å². The van der Waals surface area contributed by atoms with E-state index in [1.54, 1.807) is 17.5 Å². The Morgan fingerprint density at radius 1 is 1.17 bits per heavy atom. The van der Waals surface area contributed by atoms with Gasteiger partial charge in [0.25, 0.3) is 11.8 Å². The zero-order valence-corrected chi connectivity index (χ0v) is 18.4. The summed E-state index contributed by atoms with van der Waals surface area (Å²) in [6.07, 6.45) is 0.586. The summed E-state index contributed by atoms with van der Waals surface area (Å²) in [4.78, 5) is 28.1. The van der Waals surface area contributed by atoms with Gasteiger partial charge in [0.2, 0.25) is 0 Å². The summed E-state index contributed by atoms with van der Waals surface area (Å²) < 4.78 is 9.60. The number of hydrogen-bond donors (Lipinski definition) is 1. The Hall–Kier alpha value is -3.00. The number of aryl methyl sites for hydroxylation is 1. The number of rotatable bonds is 7. The van der Waals surface area contributed by atoms with Gasteiger partial charge in [-0.15, -0.1) is 5.10 Å². The summed E-state index contributed by atoms with van der Waals surface area (Å²) >= 11 is 1.10. The minimum Gasteiger partial charge on any atom is -0.464 e. The van der Waals surface area contributed by atoms with Crippen LogP contribution in [0.2, 0.25) is 0 Å². The first-order valence-electron chi connectivity index (χ1n) is 9.75. The maximum absolute atomic E-state index is 13.3. The van der Waals surface area contributed by atoms with Gasteiger partial charge in [-0.2, -0.15) is 0 Å². The molecule has 3 aromatic rings. The van der Waals surface area contributed by atoms with Gasteiger partial charge in [-0.25, -0.2) is 0 Å². The van der Waals surface area contributed by atoms with Crippen molar-refractivity contribution in [1.82, 2.24) is 19.8 Å². The molecule has 2 heterocycles. The molecular weight excluding hydrogens is 400 g/mol. The monoisotopic (exact) mass is 426 g/mol. The molecule has 30 heavy (non-hydrogen) atoms. The van der Waals surface area contributed by atoms with Crippen molar-refractivity contribution in [1.29, 1.82) is 0 Å². The van der Waals surface area contributed by atoms with Gasteiger partial charge in [-0.3, -0.25) is 9.59 Å². The van der Waals surface area contributed by atoms with E-state index >= 15 is 0 Å². The van der Waals surface area contributed by atoms with Gasteiger partial charge in [0.05, 0.1) is 0 Å². The summed E-state index contributed by atoms with van der Waals surface area (Å²) in [5.41, 5.74) is 0.815. The van der Waals surface area contributed by atoms with Crippen LogP contribution in [-0.2, 0) is 11.2 Å². The minimum atomic E-state index is -0.921. The molecule has 0 aliphatic rings. The lowest BCUT2D eigenvalue weighted by molar-refractivity contribution is -0.128. The molecule has 7 nitrogen and oxygen atoms in total. The van der Waals surface area contributed by atoms with Crippen molar-refractivity contribution in [3.63, 3.8) is 0 Å². The van der Waals surface area contributed by atoms with Crippen LogP contribution in [0.1, 0.15) is 54.4 Å². The second kappa shape index (κ2) is 9.21. The predicted molar refractivity (Wildman–Crippen MR) is 115 cm³/mol. The van der Waals surface area contributed by atoms with Crippen LogP contribution in [0.15, 0.2) is 52.3 Å². The Morgan fingerprint density at radius 2 is 1.90 bits per heavy atom. The van der Waals surface area contributed by atoms with E-state index in [0.29, 0.717) is 24.5 Å². The van der Waals surface area contributed by atoms with E-state index in [2.05, 4.69) is 14.9 Å². The highest BCUT2D eigenvalue weighted by atomic mass is 32.1. The molecule has 2 amide bonds. The average molecular weight is 427 g/mol. The molecule has 1 aromatic carbocycles. The number of amides is 2. The molecule has 0 aliphatic heterocycles. The predicted octanol–water partition coefficient (Wildman–Crippen LogP) is 3.78. The lowest BCUT2D eigenvalue weighted by atomic mass is 10.0. The molecule has 0 radical (unpaired) electrons. The Morgan fingerprint density at radius 3 is 2.47 bits per heavy atom. The SMILES string of the molecule is Cc1ccc([C@H](C(=O)NC(C)(C)C)N(CCc2ccccc2)C(=O)c2csnn2)o1. The van der Waals surface area contributed by atoms with Crippen molar-refractivity contribution < 1.29 is 14.0 Å². The van der Waals surface area contributed by atoms with Crippen molar-refractivity contribution in [2.45, 2.75) is 45.7 Å². The summed E-state index contributed by atoms with van der Waals surface area (Å²) in [6.45, 7) is 7.83. The molecule has 0 unspecified atom stereocenters. The standard InChI is InChI=1S/C22H26N4O3S/c1-15-10-11-18(29-15)19(20(27)23-22(2,3)4)26(21(28)17-14-30-25-24-17)13-12-16-8-6-5-7-9-16/h5-11,14,19H,12-13H2,1-4H3,(H,23,27)/t19-/m1/s1. The molecule has 158 valence electrons. The second-order valence-electron chi connectivity index (χ2n) is 8.11. The highest BCUT2D eigenvalue weighted by Crippen LogP contribution is 2.26. The molecule has 0 bridgehead atoms. The summed E-state index contributed by atoms with van der Waals surface area (Å²) in [6, 6.07) is 12.4. The van der Waals surface area contributed by atoms with Crippen molar-refractivity contribution in [2.24, 2.45) is 0 Å². The zero-order valence-electron chi connectivity index (χ0n) is 17.6. The molecule has 0 aliphatic carbocycles. The Labute approximate surface area is 180 Å². The van der Waals surface area contributed by atoms with Gasteiger partial charge in [0.15, 0.2) is 11.7 Å². The fourth-order valence-electron chi connectivity index (χ4n) is 3.11. The first-order valence-corrected chi connectivity index (χ1v) is 10.6. The van der Waals surface area contributed by atoms with Gasteiger partial charge >= 0.3 is 0 Å². The Balaban J connectivity index is 1.98. The molecule has 8 heteroatoms. The Bertz CT molecular complexity index is 977. The molecule has 3 rings (SSSR count). The van der Waals surface area contributed by atoms with E-state index in [-0.39, 0.29) is 17.5 Å². The first kappa shape index (κ1) is 21.7. The largest absolute Gasteiger partial charge is 0.464 e. The first-order chi connectivity index (χ1) is 14.2. The number of furan rings is 1. The topological polar surface area (TPSA) is 88.3 Å². The van der Waals surface area contributed by atoms with Gasteiger partial charge in [0.1, 0.15) is 11.5 Å². The van der Waals surface area contributed by atoms with Crippen LogP contribution in [-0.4, -0.2) is 38.4 Å². The molecule has 0 spiro atoms. The van der Waals surface area contributed by atoms with E-state index in [9.17, 15) is 9.59 Å². The van der Waals surface area contributed by atoms with E-state index < -0.39 is 11.6 Å².